The van der Waals surface area contributed by atoms with Gasteiger partial charge in [-0.05, 0) is 31.2 Å². The summed E-state index contributed by atoms with van der Waals surface area (Å²) < 4.78 is 70.4. The summed E-state index contributed by atoms with van der Waals surface area (Å²) in [4.78, 5) is 16.6. The Kier molecular flexibility index (Phi) is 5.05. The molecule has 0 N–H and O–H groups in total. The van der Waals surface area contributed by atoms with Crippen LogP contribution in [0.1, 0.15) is 22.4 Å². The van der Waals surface area contributed by atoms with Gasteiger partial charge < -0.3 is 9.13 Å². The predicted molar refractivity (Wildman–Crippen MR) is 105 cm³/mol. The number of fused-ring (bicyclic) bond motifs is 1. The number of alkyl halides is 3. The number of hydrogen-bond acceptors (Lipinski definition) is 3. The van der Waals surface area contributed by atoms with Crippen LogP contribution in [0.4, 0.5) is 22.0 Å². The molecule has 0 aliphatic heterocycles. The molecule has 5 nitrogen and oxygen atoms in total. The molecule has 0 aliphatic rings. The molecule has 0 unspecified atom stereocenters. The van der Waals surface area contributed by atoms with Gasteiger partial charge in [-0.15, -0.1) is 0 Å². The maximum atomic E-state index is 14.8. The zero-order valence-electron chi connectivity index (χ0n) is 16.4. The molecule has 32 heavy (non-hydrogen) atoms. The summed E-state index contributed by atoms with van der Waals surface area (Å²) in [6, 6.07) is 6.14. The number of benzene rings is 2. The van der Waals surface area contributed by atoms with Gasteiger partial charge in [0, 0.05) is 18.0 Å². The van der Waals surface area contributed by atoms with E-state index in [0.717, 1.165) is 18.2 Å². The van der Waals surface area contributed by atoms with Crippen LogP contribution in [-0.4, -0.2) is 14.1 Å². The van der Waals surface area contributed by atoms with E-state index in [1.54, 1.807) is 19.2 Å². The van der Waals surface area contributed by atoms with Crippen molar-refractivity contribution in [3.63, 3.8) is 0 Å². The Morgan fingerprint density at radius 1 is 1.09 bits per heavy atom. The minimum Gasteiger partial charge on any atom is -0.341 e. The fraction of sp³-hybridized carbons (Fsp3) is 0.136. The fourth-order valence-electron chi connectivity index (χ4n) is 3.40. The van der Waals surface area contributed by atoms with Crippen molar-refractivity contribution >= 4 is 10.9 Å². The van der Waals surface area contributed by atoms with Gasteiger partial charge in [-0.3, -0.25) is 4.79 Å². The summed E-state index contributed by atoms with van der Waals surface area (Å²) in [6.45, 7) is 1.42. The number of hydrogen-bond donors (Lipinski definition) is 0. The number of nitriles is 1. The minimum atomic E-state index is -4.70. The number of imidazole rings is 1. The van der Waals surface area contributed by atoms with Gasteiger partial charge >= 0.3 is 6.18 Å². The highest BCUT2D eigenvalue weighted by atomic mass is 19.4. The van der Waals surface area contributed by atoms with Gasteiger partial charge in [0.15, 0.2) is 0 Å². The minimum absolute atomic E-state index is 0.0591. The van der Waals surface area contributed by atoms with Crippen LogP contribution in [-0.2, 0) is 12.7 Å². The third-order valence-corrected chi connectivity index (χ3v) is 4.98. The highest BCUT2D eigenvalue weighted by Crippen LogP contribution is 2.30. The van der Waals surface area contributed by atoms with Crippen molar-refractivity contribution < 1.29 is 22.0 Å². The Labute approximate surface area is 177 Å². The van der Waals surface area contributed by atoms with E-state index in [1.165, 1.54) is 27.7 Å². The molecule has 4 rings (SSSR count). The van der Waals surface area contributed by atoms with Gasteiger partial charge in [0.05, 0.1) is 40.7 Å². The first-order valence-electron chi connectivity index (χ1n) is 9.22. The van der Waals surface area contributed by atoms with E-state index < -0.39 is 28.8 Å². The van der Waals surface area contributed by atoms with Gasteiger partial charge in [0.1, 0.15) is 23.3 Å². The molecule has 0 spiro atoms. The first kappa shape index (κ1) is 21.2. The van der Waals surface area contributed by atoms with Gasteiger partial charge in [-0.25, -0.2) is 13.8 Å². The second-order valence-electron chi connectivity index (χ2n) is 7.16. The Bertz CT molecular complexity index is 1460. The number of aryl methyl sites for hydroxylation is 1. The second-order valence-corrected chi connectivity index (χ2v) is 7.16. The summed E-state index contributed by atoms with van der Waals surface area (Å²) >= 11 is 0. The standard InChI is InChI=1S/C22H13F5N4O/c1-12-8-31(11-29-12)20-6-19-16(5-18(20)24)21(32)14(7-28)10-30(19)9-13-2-3-15(4-17(13)23)22(25,26)27/h2-6,8,10-11H,9H2,1H3. The van der Waals surface area contributed by atoms with E-state index in [-0.39, 0.29) is 34.3 Å². The van der Waals surface area contributed by atoms with Crippen molar-refractivity contribution in [1.82, 2.24) is 14.1 Å². The summed E-state index contributed by atoms with van der Waals surface area (Å²) in [6.07, 6.45) is -0.595. The van der Waals surface area contributed by atoms with Crippen LogP contribution in [0.2, 0.25) is 0 Å². The van der Waals surface area contributed by atoms with Crippen molar-refractivity contribution in [3.8, 4) is 11.8 Å². The van der Waals surface area contributed by atoms with E-state index in [2.05, 4.69) is 4.98 Å². The normalized spacial score (nSPS) is 11.7. The Balaban J connectivity index is 1.91. The van der Waals surface area contributed by atoms with Crippen LogP contribution >= 0.6 is 0 Å². The number of nitrogens with zero attached hydrogens (tertiary/aromatic N) is 4. The summed E-state index contributed by atoms with van der Waals surface area (Å²) in [5.41, 5.74) is -1.40. The van der Waals surface area contributed by atoms with Crippen molar-refractivity contribution in [2.45, 2.75) is 19.6 Å². The predicted octanol–water partition coefficient (Wildman–Crippen LogP) is 4.71. The molecule has 2 heterocycles. The average Bonchev–Trinajstić information content (AvgIpc) is 3.16. The zero-order valence-corrected chi connectivity index (χ0v) is 16.4. The molecule has 0 amide bonds. The molecular weight excluding hydrogens is 431 g/mol. The van der Waals surface area contributed by atoms with E-state index in [1.807, 2.05) is 0 Å². The quantitative estimate of drug-likeness (QED) is 0.430. The zero-order chi connectivity index (χ0) is 23.2. The molecule has 0 radical (unpaired) electrons. The summed E-state index contributed by atoms with van der Waals surface area (Å²) in [5, 5.41) is 9.17. The van der Waals surface area contributed by atoms with E-state index in [4.69, 9.17) is 0 Å². The first-order valence-corrected chi connectivity index (χ1v) is 9.22. The molecular formula is C22H13F5N4O. The molecule has 10 heteroatoms. The molecule has 0 saturated heterocycles. The molecule has 0 saturated carbocycles. The Morgan fingerprint density at radius 3 is 2.44 bits per heavy atom. The molecule has 4 aromatic rings. The molecule has 0 aliphatic carbocycles. The molecule has 0 bridgehead atoms. The summed E-state index contributed by atoms with van der Waals surface area (Å²) in [7, 11) is 0. The van der Waals surface area contributed by atoms with Crippen LogP contribution in [0.3, 0.4) is 0 Å². The van der Waals surface area contributed by atoms with Crippen molar-refractivity contribution in [3.05, 3.63) is 93.3 Å². The third kappa shape index (κ3) is 3.73. The monoisotopic (exact) mass is 444 g/mol. The number of aromatic nitrogens is 3. The number of halogens is 5. The largest absolute Gasteiger partial charge is 0.416 e. The number of pyridine rings is 1. The fourth-order valence-corrected chi connectivity index (χ4v) is 3.40. The van der Waals surface area contributed by atoms with Gasteiger partial charge in [-0.2, -0.15) is 18.4 Å². The smallest absolute Gasteiger partial charge is 0.341 e. The average molecular weight is 444 g/mol. The van der Waals surface area contributed by atoms with E-state index >= 15 is 0 Å². The van der Waals surface area contributed by atoms with Gasteiger partial charge in [-0.1, -0.05) is 6.07 Å². The highest BCUT2D eigenvalue weighted by molar-refractivity contribution is 5.82. The number of rotatable bonds is 3. The van der Waals surface area contributed by atoms with Crippen LogP contribution in [0, 0.1) is 29.9 Å². The van der Waals surface area contributed by atoms with Crippen molar-refractivity contribution in [2.24, 2.45) is 0 Å². The van der Waals surface area contributed by atoms with Crippen LogP contribution in [0.15, 0.2) is 53.8 Å². The van der Waals surface area contributed by atoms with Crippen LogP contribution in [0.25, 0.3) is 16.6 Å². The van der Waals surface area contributed by atoms with Gasteiger partial charge in [0.2, 0.25) is 5.43 Å². The maximum absolute atomic E-state index is 14.8. The summed E-state index contributed by atoms with van der Waals surface area (Å²) in [5.74, 6) is -1.84. The van der Waals surface area contributed by atoms with E-state index in [9.17, 15) is 32.0 Å². The molecule has 162 valence electrons. The maximum Gasteiger partial charge on any atom is 0.416 e. The van der Waals surface area contributed by atoms with Crippen molar-refractivity contribution in [1.29, 1.82) is 5.26 Å². The lowest BCUT2D eigenvalue weighted by Gasteiger charge is -2.15. The second kappa shape index (κ2) is 7.60. The Hall–Kier alpha value is -4.00. The Morgan fingerprint density at radius 2 is 1.84 bits per heavy atom. The lowest BCUT2D eigenvalue weighted by molar-refractivity contribution is -0.137. The molecule has 2 aromatic carbocycles. The lowest BCUT2D eigenvalue weighted by Crippen LogP contribution is -2.15. The topological polar surface area (TPSA) is 63.6 Å². The third-order valence-electron chi connectivity index (χ3n) is 4.98. The van der Waals surface area contributed by atoms with E-state index in [0.29, 0.717) is 11.8 Å². The van der Waals surface area contributed by atoms with Crippen molar-refractivity contribution in [2.75, 3.05) is 0 Å². The SMILES string of the molecule is Cc1cn(-c2cc3c(cc2F)c(=O)c(C#N)cn3Cc2ccc(C(F)(F)F)cc2F)cn1. The molecule has 2 aromatic heterocycles. The molecule has 0 atom stereocenters. The lowest BCUT2D eigenvalue weighted by atomic mass is 10.1. The van der Waals surface area contributed by atoms with Gasteiger partial charge in [0.25, 0.3) is 0 Å². The highest BCUT2D eigenvalue weighted by Gasteiger charge is 2.31. The first-order chi connectivity index (χ1) is 15.1. The van der Waals surface area contributed by atoms with Crippen LogP contribution < -0.4 is 5.43 Å². The molecule has 0 fully saturated rings. The van der Waals surface area contributed by atoms with Crippen LogP contribution in [0.5, 0.6) is 0 Å².